The van der Waals surface area contributed by atoms with Crippen LogP contribution in [0.3, 0.4) is 0 Å². The van der Waals surface area contributed by atoms with Crippen LogP contribution in [0.15, 0.2) is 48.5 Å². The first-order chi connectivity index (χ1) is 12.0. The van der Waals surface area contributed by atoms with Crippen molar-refractivity contribution in [3.05, 3.63) is 65.2 Å². The van der Waals surface area contributed by atoms with Crippen molar-refractivity contribution in [1.82, 2.24) is 5.32 Å². The van der Waals surface area contributed by atoms with E-state index in [2.05, 4.69) is 41.8 Å². The molecule has 3 N–H and O–H groups in total. The van der Waals surface area contributed by atoms with Gasteiger partial charge >= 0.3 is 0 Å². The molecule has 0 aromatic heterocycles. The van der Waals surface area contributed by atoms with Crippen molar-refractivity contribution in [2.24, 2.45) is 0 Å². The first kappa shape index (κ1) is 18.7. The Balaban J connectivity index is 1.85. The number of quaternary nitrogens is 1. The molecule has 2 amide bonds. The number of carbonyl (C=O) groups excluding carboxylic acids is 2. The fourth-order valence-electron chi connectivity index (χ4n) is 2.63. The quantitative estimate of drug-likeness (QED) is 0.711. The van der Waals surface area contributed by atoms with Gasteiger partial charge in [0.2, 0.25) is 0 Å². The molecule has 2 aromatic carbocycles. The number of hydrogen-bond donors (Lipinski definition) is 3. The molecule has 0 bridgehead atoms. The minimum Gasteiger partial charge on any atom is -0.355 e. The van der Waals surface area contributed by atoms with Gasteiger partial charge in [-0.3, -0.25) is 9.59 Å². The van der Waals surface area contributed by atoms with Crippen LogP contribution in [0.1, 0.15) is 28.4 Å². The molecule has 0 spiro atoms. The van der Waals surface area contributed by atoms with E-state index >= 15 is 0 Å². The van der Waals surface area contributed by atoms with E-state index < -0.39 is 0 Å². The van der Waals surface area contributed by atoms with E-state index in [0.717, 1.165) is 17.9 Å². The number of nitrogens with one attached hydrogen (secondary N) is 3. The molecule has 2 rings (SSSR count). The standard InChI is InChI=1S/C20H25N3O2/c1-4-15-5-7-16(8-6-15)13-23(3)14-19(24)22-18-11-9-17(10-12-18)20(25)21-2/h5-12H,4,13-14H2,1-3H3,(H,21,25)(H,22,24)/p+1. The maximum atomic E-state index is 12.2. The van der Waals surface area contributed by atoms with Gasteiger partial charge in [-0.25, -0.2) is 0 Å². The van der Waals surface area contributed by atoms with E-state index in [1.54, 1.807) is 31.3 Å². The normalized spacial score (nSPS) is 11.6. The van der Waals surface area contributed by atoms with Crippen molar-refractivity contribution in [2.75, 3.05) is 26.0 Å². The number of aryl methyl sites for hydroxylation is 1. The molecule has 25 heavy (non-hydrogen) atoms. The summed E-state index contributed by atoms with van der Waals surface area (Å²) in [5.41, 5.74) is 3.80. The number of anilines is 1. The predicted molar refractivity (Wildman–Crippen MR) is 99.7 cm³/mol. The molecule has 1 unspecified atom stereocenters. The van der Waals surface area contributed by atoms with Gasteiger partial charge < -0.3 is 15.5 Å². The zero-order chi connectivity index (χ0) is 18.2. The van der Waals surface area contributed by atoms with Gasteiger partial charge in [0.1, 0.15) is 6.54 Å². The van der Waals surface area contributed by atoms with Crippen molar-refractivity contribution in [1.29, 1.82) is 0 Å². The van der Waals surface area contributed by atoms with Crippen molar-refractivity contribution in [2.45, 2.75) is 19.9 Å². The number of benzene rings is 2. The number of amides is 2. The lowest BCUT2D eigenvalue weighted by Gasteiger charge is -2.14. The highest BCUT2D eigenvalue weighted by Gasteiger charge is 2.11. The molecular weight excluding hydrogens is 314 g/mol. The molecule has 5 nitrogen and oxygen atoms in total. The number of hydrogen-bond acceptors (Lipinski definition) is 2. The monoisotopic (exact) mass is 340 g/mol. The van der Waals surface area contributed by atoms with E-state index in [-0.39, 0.29) is 11.8 Å². The summed E-state index contributed by atoms with van der Waals surface area (Å²) in [6.45, 7) is 3.32. The molecule has 0 saturated carbocycles. The Morgan fingerprint density at radius 1 is 0.960 bits per heavy atom. The highest BCUT2D eigenvalue weighted by atomic mass is 16.2. The van der Waals surface area contributed by atoms with Crippen molar-refractivity contribution < 1.29 is 14.5 Å². The maximum Gasteiger partial charge on any atom is 0.279 e. The molecule has 2 aromatic rings. The second-order valence-corrected chi connectivity index (χ2v) is 6.19. The van der Waals surface area contributed by atoms with Gasteiger partial charge in [-0.2, -0.15) is 0 Å². The molecular formula is C20H26N3O2+. The molecule has 1 atom stereocenters. The summed E-state index contributed by atoms with van der Waals surface area (Å²) >= 11 is 0. The SMILES string of the molecule is CCc1ccc(C[NH+](C)CC(=O)Nc2ccc(C(=O)NC)cc2)cc1. The Bertz CT molecular complexity index is 709. The zero-order valence-corrected chi connectivity index (χ0v) is 15.1. The minimum atomic E-state index is -0.142. The fourth-order valence-corrected chi connectivity index (χ4v) is 2.63. The summed E-state index contributed by atoms with van der Waals surface area (Å²) in [5.74, 6) is -0.188. The number of rotatable bonds is 7. The topological polar surface area (TPSA) is 62.6 Å². The second kappa shape index (κ2) is 8.99. The van der Waals surface area contributed by atoms with Gasteiger partial charge in [0.15, 0.2) is 6.54 Å². The largest absolute Gasteiger partial charge is 0.355 e. The van der Waals surface area contributed by atoms with E-state index in [4.69, 9.17) is 0 Å². The molecule has 0 aliphatic rings. The lowest BCUT2D eigenvalue weighted by Crippen LogP contribution is -3.08. The molecule has 0 aliphatic carbocycles. The van der Waals surface area contributed by atoms with Crippen LogP contribution < -0.4 is 15.5 Å². The van der Waals surface area contributed by atoms with Gasteiger partial charge in [0, 0.05) is 23.9 Å². The Labute approximate surface area is 149 Å². The highest BCUT2D eigenvalue weighted by molar-refractivity contribution is 5.95. The van der Waals surface area contributed by atoms with Gasteiger partial charge in [-0.1, -0.05) is 31.2 Å². The highest BCUT2D eigenvalue weighted by Crippen LogP contribution is 2.09. The average Bonchev–Trinajstić information content (AvgIpc) is 2.62. The summed E-state index contributed by atoms with van der Waals surface area (Å²) in [5, 5.41) is 5.44. The van der Waals surface area contributed by atoms with Gasteiger partial charge in [-0.15, -0.1) is 0 Å². The minimum absolute atomic E-state index is 0.0460. The van der Waals surface area contributed by atoms with Crippen molar-refractivity contribution in [3.63, 3.8) is 0 Å². The Morgan fingerprint density at radius 2 is 1.56 bits per heavy atom. The lowest BCUT2D eigenvalue weighted by atomic mass is 10.1. The summed E-state index contributed by atoms with van der Waals surface area (Å²) < 4.78 is 0. The number of carbonyl (C=O) groups is 2. The second-order valence-electron chi connectivity index (χ2n) is 6.19. The van der Waals surface area contributed by atoms with Crippen LogP contribution in [0, 0.1) is 0 Å². The smallest absolute Gasteiger partial charge is 0.279 e. The van der Waals surface area contributed by atoms with Gasteiger partial charge in [0.05, 0.1) is 7.05 Å². The lowest BCUT2D eigenvalue weighted by molar-refractivity contribution is -0.885. The molecule has 5 heteroatoms. The van der Waals surface area contributed by atoms with Crippen LogP contribution in [0.2, 0.25) is 0 Å². The molecule has 0 aliphatic heterocycles. The summed E-state index contributed by atoms with van der Waals surface area (Å²) in [7, 11) is 3.59. The Hall–Kier alpha value is -2.66. The molecule has 132 valence electrons. The average molecular weight is 340 g/mol. The predicted octanol–water partition coefficient (Wildman–Crippen LogP) is 1.26. The Morgan fingerprint density at radius 3 is 2.12 bits per heavy atom. The fraction of sp³-hybridized carbons (Fsp3) is 0.300. The van der Waals surface area contributed by atoms with Crippen molar-refractivity contribution in [3.8, 4) is 0 Å². The summed E-state index contributed by atoms with van der Waals surface area (Å²) in [6.07, 6.45) is 1.03. The van der Waals surface area contributed by atoms with Crippen LogP contribution >= 0.6 is 0 Å². The van der Waals surface area contributed by atoms with E-state index in [1.165, 1.54) is 11.1 Å². The van der Waals surface area contributed by atoms with Crippen LogP contribution in [-0.4, -0.2) is 32.5 Å². The maximum absolute atomic E-state index is 12.2. The van der Waals surface area contributed by atoms with Crippen LogP contribution in [0.5, 0.6) is 0 Å². The molecule has 0 saturated heterocycles. The third-order valence-electron chi connectivity index (χ3n) is 4.06. The zero-order valence-electron chi connectivity index (χ0n) is 15.1. The summed E-state index contributed by atoms with van der Waals surface area (Å²) in [4.78, 5) is 24.8. The molecule has 0 fully saturated rings. The van der Waals surface area contributed by atoms with Crippen LogP contribution in [0.4, 0.5) is 5.69 Å². The van der Waals surface area contributed by atoms with Crippen LogP contribution in [-0.2, 0) is 17.8 Å². The Kier molecular flexibility index (Phi) is 6.71. The third kappa shape index (κ3) is 5.72. The summed E-state index contributed by atoms with van der Waals surface area (Å²) in [6, 6.07) is 15.4. The molecule has 0 radical (unpaired) electrons. The first-order valence-electron chi connectivity index (χ1n) is 8.53. The van der Waals surface area contributed by atoms with E-state index in [9.17, 15) is 9.59 Å². The van der Waals surface area contributed by atoms with E-state index in [0.29, 0.717) is 17.8 Å². The number of likely N-dealkylation sites (N-methyl/N-ethyl adjacent to an activating group) is 1. The van der Waals surface area contributed by atoms with Gasteiger partial charge in [0.25, 0.3) is 11.8 Å². The molecule has 0 heterocycles. The first-order valence-corrected chi connectivity index (χ1v) is 8.53. The third-order valence-corrected chi connectivity index (χ3v) is 4.06. The van der Waals surface area contributed by atoms with Crippen LogP contribution in [0.25, 0.3) is 0 Å². The van der Waals surface area contributed by atoms with E-state index in [1.807, 2.05) is 7.05 Å². The van der Waals surface area contributed by atoms with Gasteiger partial charge in [-0.05, 0) is 36.2 Å². The van der Waals surface area contributed by atoms with Crippen molar-refractivity contribution >= 4 is 17.5 Å².